The number of fused-ring (bicyclic) bond motifs is 1. The molecule has 0 N–H and O–H groups in total. The molecule has 5 heteroatoms. The number of aromatic nitrogens is 1. The Kier molecular flexibility index (Phi) is 3.75. The summed E-state index contributed by atoms with van der Waals surface area (Å²) in [6.07, 6.45) is 3.42. The van der Waals surface area contributed by atoms with Crippen LogP contribution in [0.1, 0.15) is 0 Å². The van der Waals surface area contributed by atoms with Crippen molar-refractivity contribution in [1.29, 1.82) is 0 Å². The van der Waals surface area contributed by atoms with E-state index in [1.165, 1.54) is 6.07 Å². The first-order chi connectivity index (χ1) is 8.45. The van der Waals surface area contributed by atoms with Crippen LogP contribution in [-0.4, -0.2) is 30.2 Å². The number of ether oxygens (including phenoxy) is 1. The Morgan fingerprint density at radius 3 is 2.56 bits per heavy atom. The Morgan fingerprint density at radius 2 is 1.94 bits per heavy atom. The van der Waals surface area contributed by atoms with Gasteiger partial charge in [0.15, 0.2) is 0 Å². The number of nitrogens with zero attached hydrogens (tertiary/aromatic N) is 1. The molecule has 1 aromatic carbocycles. The van der Waals surface area contributed by atoms with Crippen LogP contribution in [0.25, 0.3) is 10.8 Å². The summed E-state index contributed by atoms with van der Waals surface area (Å²) >= 11 is -2.47. The van der Waals surface area contributed by atoms with E-state index < -0.39 is 31.1 Å². The van der Waals surface area contributed by atoms with Crippen LogP contribution in [0.15, 0.2) is 24.5 Å². The number of hydrogen-bond acceptors (Lipinski definition) is 2. The van der Waals surface area contributed by atoms with Crippen molar-refractivity contribution in [1.82, 2.24) is 4.98 Å². The van der Waals surface area contributed by atoms with Gasteiger partial charge in [-0.1, -0.05) is 0 Å². The Balaban J connectivity index is 2.84. The molecule has 0 aliphatic heterocycles. The van der Waals surface area contributed by atoms with E-state index in [-0.39, 0.29) is 5.75 Å². The zero-order valence-corrected chi connectivity index (χ0v) is 13.5. The summed E-state index contributed by atoms with van der Waals surface area (Å²) in [4.78, 5) is 10.8. The normalized spacial score (nSPS) is 11.8. The molecule has 0 spiro atoms. The molecule has 0 aliphatic carbocycles. The predicted molar refractivity (Wildman–Crippen MR) is 71.3 cm³/mol. The van der Waals surface area contributed by atoms with Gasteiger partial charge in [-0.3, -0.25) is 0 Å². The van der Waals surface area contributed by atoms with Gasteiger partial charge in [-0.15, -0.1) is 0 Å². The molecule has 0 fully saturated rings. The first-order valence-corrected chi connectivity index (χ1v) is 15.7. The minimum atomic E-state index is -2.47. The Labute approximate surface area is 109 Å². The van der Waals surface area contributed by atoms with Gasteiger partial charge in [0, 0.05) is 0 Å². The van der Waals surface area contributed by atoms with Gasteiger partial charge < -0.3 is 0 Å². The molecule has 0 atom stereocenters. The van der Waals surface area contributed by atoms with Gasteiger partial charge in [0.1, 0.15) is 0 Å². The zero-order valence-electron chi connectivity index (χ0n) is 10.6. The second-order valence-electron chi connectivity index (χ2n) is 5.17. The summed E-state index contributed by atoms with van der Waals surface area (Å²) in [6, 6.07) is 2.95. The van der Waals surface area contributed by atoms with Gasteiger partial charge in [0.25, 0.3) is 0 Å². The van der Waals surface area contributed by atoms with E-state index in [1.807, 2.05) is 0 Å². The number of halogens is 2. The molecule has 0 aliphatic rings. The third kappa shape index (κ3) is 2.43. The van der Waals surface area contributed by atoms with Gasteiger partial charge in [-0.25, -0.2) is 0 Å². The summed E-state index contributed by atoms with van der Waals surface area (Å²) in [5.74, 6) is -0.512. The van der Waals surface area contributed by atoms with Crippen LogP contribution < -0.4 is 8.32 Å². The molecule has 0 saturated carbocycles. The van der Waals surface area contributed by atoms with Gasteiger partial charge in [0.05, 0.1) is 0 Å². The van der Waals surface area contributed by atoms with Gasteiger partial charge in [-0.2, -0.15) is 0 Å². The Hall–Kier alpha value is -0.911. The van der Waals surface area contributed by atoms with E-state index in [0.717, 1.165) is 8.97 Å². The van der Waals surface area contributed by atoms with E-state index >= 15 is 0 Å². The third-order valence-electron chi connectivity index (χ3n) is 2.84. The van der Waals surface area contributed by atoms with Crippen molar-refractivity contribution < 1.29 is 13.5 Å². The van der Waals surface area contributed by atoms with Crippen molar-refractivity contribution in [2.45, 2.75) is 14.8 Å². The van der Waals surface area contributed by atoms with E-state index in [2.05, 4.69) is 19.8 Å². The predicted octanol–water partition coefficient (Wildman–Crippen LogP) is 3.22. The average molecular weight is 358 g/mol. The molecule has 2 nitrogen and oxygen atoms in total. The molecular formula is C13H15F2NOSn. The number of pyridine rings is 1. The molecule has 2 rings (SSSR count). The number of benzene rings is 1. The zero-order chi connectivity index (χ0) is 13.3. The number of rotatable bonds is 3. The van der Waals surface area contributed by atoms with Gasteiger partial charge in [-0.05, 0) is 0 Å². The molecule has 0 unspecified atom stereocenters. The quantitative estimate of drug-likeness (QED) is 0.787. The Morgan fingerprint density at radius 1 is 1.22 bits per heavy atom. The van der Waals surface area contributed by atoms with Crippen LogP contribution in [0.3, 0.4) is 0 Å². The van der Waals surface area contributed by atoms with Crippen molar-refractivity contribution in [2.75, 3.05) is 6.86 Å². The average Bonchev–Trinajstić information content (AvgIpc) is 2.31. The maximum atomic E-state index is 13.8. The summed E-state index contributed by atoms with van der Waals surface area (Å²) in [7, 11) is 0. The fourth-order valence-electron chi connectivity index (χ4n) is 1.98. The van der Waals surface area contributed by atoms with Crippen molar-refractivity contribution in [3.8, 4) is 5.75 Å². The first-order valence-electron chi connectivity index (χ1n) is 5.70. The topological polar surface area (TPSA) is 22.1 Å². The third-order valence-corrected chi connectivity index (χ3v) is 8.53. The molecule has 0 bridgehead atoms. The molecule has 1 heterocycles. The van der Waals surface area contributed by atoms with E-state index in [0.29, 0.717) is 5.39 Å². The van der Waals surface area contributed by atoms with Crippen LogP contribution in [-0.2, 0) is 0 Å². The van der Waals surface area contributed by atoms with Crippen LogP contribution in [0.5, 0.6) is 5.75 Å². The molecule has 0 radical (unpaired) electrons. The molecule has 0 amide bonds. The number of hydrogen-bond donors (Lipinski definition) is 0. The second kappa shape index (κ2) is 4.99. The summed E-state index contributed by atoms with van der Waals surface area (Å²) < 4.78 is 32.1. The monoisotopic (exact) mass is 359 g/mol. The molecule has 0 saturated heterocycles. The Bertz CT molecular complexity index is 581. The summed E-state index contributed by atoms with van der Waals surface area (Å²) in [5, 5.41) is 1.48. The second-order valence-corrected chi connectivity index (χ2v) is 19.5. The van der Waals surface area contributed by atoms with E-state index in [4.69, 9.17) is 4.74 Å². The van der Waals surface area contributed by atoms with Gasteiger partial charge in [0.2, 0.25) is 0 Å². The number of alkyl halides is 1. The molecule has 18 heavy (non-hydrogen) atoms. The van der Waals surface area contributed by atoms with Crippen LogP contribution >= 0.6 is 0 Å². The molecular weight excluding hydrogens is 343 g/mol. The SMILES string of the molecule is [CH3][Sn]([CH3])([CH3])[c]1cncc2ccc(F)c(OCF)c12. The van der Waals surface area contributed by atoms with Crippen molar-refractivity contribution in [2.24, 2.45) is 0 Å². The van der Waals surface area contributed by atoms with E-state index in [1.54, 1.807) is 18.5 Å². The summed E-state index contributed by atoms with van der Waals surface area (Å²) in [5.41, 5.74) is 0. The van der Waals surface area contributed by atoms with E-state index in [9.17, 15) is 8.78 Å². The van der Waals surface area contributed by atoms with Gasteiger partial charge >= 0.3 is 109 Å². The minimum absolute atomic E-state index is 0.0130. The first kappa shape index (κ1) is 13.5. The molecule has 2 aromatic rings. The van der Waals surface area contributed by atoms with Crippen molar-refractivity contribution in [3.05, 3.63) is 30.3 Å². The molecule has 96 valence electrons. The van der Waals surface area contributed by atoms with Crippen LogP contribution in [0.2, 0.25) is 14.8 Å². The van der Waals surface area contributed by atoms with Crippen LogP contribution in [0, 0.1) is 5.82 Å². The standard InChI is InChI=1S/C10H6F2NO.3CH3.Sn/c11-6-14-10-8-3-4-13-5-7(8)1-2-9(10)12;;;;/h1-2,4-5H,6H2;3*1H3;. The fraction of sp³-hybridized carbons (Fsp3) is 0.308. The van der Waals surface area contributed by atoms with Crippen molar-refractivity contribution in [3.63, 3.8) is 0 Å². The molecule has 1 aromatic heterocycles. The van der Waals surface area contributed by atoms with Crippen molar-refractivity contribution >= 4 is 32.7 Å². The summed E-state index contributed by atoms with van der Waals surface area (Å²) in [6.45, 7) is -1.03. The maximum absolute atomic E-state index is 13.8. The fourth-order valence-corrected chi connectivity index (χ4v) is 6.17. The van der Waals surface area contributed by atoms with Crippen LogP contribution in [0.4, 0.5) is 8.78 Å².